The summed E-state index contributed by atoms with van der Waals surface area (Å²) in [6.45, 7) is 0.447. The molecule has 1 amide bonds. The first-order chi connectivity index (χ1) is 12.8. The normalized spacial score (nSPS) is 12.3. The van der Waals surface area contributed by atoms with E-state index in [1.54, 1.807) is 0 Å². The summed E-state index contributed by atoms with van der Waals surface area (Å²) in [6.07, 6.45) is -4.18. The molecule has 0 saturated carbocycles. The predicted octanol–water partition coefficient (Wildman–Crippen LogP) is 2.38. The van der Waals surface area contributed by atoms with Crippen LogP contribution in [0.15, 0.2) is 54.6 Å². The maximum Gasteiger partial charge on any atom is 0.491 e. The quantitative estimate of drug-likeness (QED) is 0.571. The maximum absolute atomic E-state index is 12.1. The third-order valence-corrected chi connectivity index (χ3v) is 3.71. The highest BCUT2D eigenvalue weighted by Gasteiger charge is 2.41. The molecule has 8 heteroatoms. The van der Waals surface area contributed by atoms with Crippen LogP contribution in [0, 0.1) is 0 Å². The molecule has 144 valence electrons. The Balaban J connectivity index is 1.79. The van der Waals surface area contributed by atoms with Gasteiger partial charge in [-0.1, -0.05) is 42.5 Å². The summed E-state index contributed by atoms with van der Waals surface area (Å²) in [5.41, 5.74) is 7.58. The van der Waals surface area contributed by atoms with Gasteiger partial charge in [-0.3, -0.25) is 4.79 Å². The lowest BCUT2D eigenvalue weighted by molar-refractivity contribution is -0.189. The van der Waals surface area contributed by atoms with E-state index in [4.69, 9.17) is 5.73 Å². The Hall–Kier alpha value is -2.87. The number of rotatable bonds is 7. The summed E-state index contributed by atoms with van der Waals surface area (Å²) in [5, 5.41) is 2.75. The molecule has 2 aromatic rings. The number of amides is 1. The number of hydrogen-bond acceptors (Lipinski definition) is 4. The van der Waals surface area contributed by atoms with Crippen LogP contribution in [-0.2, 0) is 22.4 Å². The second-order valence-corrected chi connectivity index (χ2v) is 5.87. The summed E-state index contributed by atoms with van der Waals surface area (Å²) in [7, 11) is 0. The monoisotopic (exact) mass is 380 g/mol. The van der Waals surface area contributed by atoms with Crippen molar-refractivity contribution in [1.29, 1.82) is 0 Å². The largest absolute Gasteiger partial charge is 0.491 e. The fourth-order valence-corrected chi connectivity index (χ4v) is 2.31. The van der Waals surface area contributed by atoms with Gasteiger partial charge in [0, 0.05) is 6.54 Å². The van der Waals surface area contributed by atoms with Crippen molar-refractivity contribution in [2.24, 2.45) is 5.73 Å². The molecule has 0 unspecified atom stereocenters. The molecule has 27 heavy (non-hydrogen) atoms. The minimum atomic E-state index is -5.06. The molecule has 3 N–H and O–H groups in total. The lowest BCUT2D eigenvalue weighted by Crippen LogP contribution is -2.42. The zero-order chi connectivity index (χ0) is 19.9. The minimum Gasteiger partial charge on any atom is -0.420 e. The molecular weight excluding hydrogens is 361 g/mol. The molecule has 0 bridgehead atoms. The Bertz CT molecular complexity index is 762. The smallest absolute Gasteiger partial charge is 0.420 e. The predicted molar refractivity (Wildman–Crippen MR) is 93.0 cm³/mol. The summed E-state index contributed by atoms with van der Waals surface area (Å²) in [4.78, 5) is 22.8. The van der Waals surface area contributed by atoms with Crippen molar-refractivity contribution in [3.63, 3.8) is 0 Å². The van der Waals surface area contributed by atoms with Crippen LogP contribution in [0.25, 0.3) is 0 Å². The van der Waals surface area contributed by atoms with Crippen molar-refractivity contribution in [2.45, 2.75) is 25.1 Å². The van der Waals surface area contributed by atoms with Crippen molar-refractivity contribution < 1.29 is 27.5 Å². The second-order valence-electron chi connectivity index (χ2n) is 5.87. The van der Waals surface area contributed by atoms with E-state index in [2.05, 4.69) is 10.1 Å². The first kappa shape index (κ1) is 20.4. The molecule has 1 atom stereocenters. The molecule has 0 aliphatic heterocycles. The third-order valence-electron chi connectivity index (χ3n) is 3.71. The van der Waals surface area contributed by atoms with Gasteiger partial charge in [0.25, 0.3) is 0 Å². The first-order valence-electron chi connectivity index (χ1n) is 8.21. The van der Waals surface area contributed by atoms with Crippen molar-refractivity contribution in [3.05, 3.63) is 65.7 Å². The van der Waals surface area contributed by atoms with Gasteiger partial charge in [-0.25, -0.2) is 4.79 Å². The number of esters is 1. The lowest BCUT2D eigenvalue weighted by Gasteiger charge is -2.13. The van der Waals surface area contributed by atoms with E-state index in [-0.39, 0.29) is 18.1 Å². The fraction of sp³-hybridized carbons (Fsp3) is 0.263. The highest BCUT2D eigenvalue weighted by atomic mass is 19.4. The Kier molecular flexibility index (Phi) is 6.95. The molecule has 0 radical (unpaired) electrons. The van der Waals surface area contributed by atoms with Gasteiger partial charge in [0.15, 0.2) is 0 Å². The van der Waals surface area contributed by atoms with Crippen LogP contribution in [0.4, 0.5) is 13.2 Å². The first-order valence-corrected chi connectivity index (χ1v) is 8.21. The number of benzene rings is 2. The van der Waals surface area contributed by atoms with Gasteiger partial charge in [0.1, 0.15) is 5.75 Å². The van der Waals surface area contributed by atoms with Crippen LogP contribution < -0.4 is 15.8 Å². The minimum absolute atomic E-state index is 0.199. The molecule has 5 nitrogen and oxygen atoms in total. The average Bonchev–Trinajstić information content (AvgIpc) is 2.63. The summed E-state index contributed by atoms with van der Waals surface area (Å²) in [6, 6.07) is 14.2. The maximum atomic E-state index is 12.1. The molecule has 0 aliphatic carbocycles. The summed E-state index contributed by atoms with van der Waals surface area (Å²) in [5.74, 6) is -2.84. The average molecular weight is 380 g/mol. The molecule has 0 spiro atoms. The SMILES string of the molecule is N[C@@H](Cc1ccc(OC(=O)C(F)(F)F)cc1)C(=O)NCCc1ccccc1. The summed E-state index contributed by atoms with van der Waals surface area (Å²) < 4.78 is 40.7. The van der Waals surface area contributed by atoms with E-state index in [1.807, 2.05) is 30.3 Å². The molecule has 2 aromatic carbocycles. The topological polar surface area (TPSA) is 81.4 Å². The highest BCUT2D eigenvalue weighted by molar-refractivity contribution is 5.81. The van der Waals surface area contributed by atoms with Gasteiger partial charge < -0.3 is 15.8 Å². The fourth-order valence-electron chi connectivity index (χ4n) is 2.31. The van der Waals surface area contributed by atoms with Crippen molar-refractivity contribution in [1.82, 2.24) is 5.32 Å². The number of nitrogens with one attached hydrogen (secondary N) is 1. The zero-order valence-electron chi connectivity index (χ0n) is 14.3. The van der Waals surface area contributed by atoms with Crippen molar-refractivity contribution in [2.75, 3.05) is 6.54 Å². The number of carbonyl (C=O) groups is 2. The van der Waals surface area contributed by atoms with Crippen molar-refractivity contribution in [3.8, 4) is 5.75 Å². The van der Waals surface area contributed by atoms with E-state index in [0.29, 0.717) is 18.5 Å². The number of alkyl halides is 3. The van der Waals surface area contributed by atoms with Gasteiger partial charge in [-0.15, -0.1) is 0 Å². The molecule has 2 rings (SSSR count). The molecule has 0 aliphatic rings. The second kappa shape index (κ2) is 9.18. The van der Waals surface area contributed by atoms with E-state index in [0.717, 1.165) is 5.56 Å². The van der Waals surface area contributed by atoms with Crippen molar-refractivity contribution >= 4 is 11.9 Å². The van der Waals surface area contributed by atoms with E-state index >= 15 is 0 Å². The molecule has 0 aromatic heterocycles. The van der Waals surface area contributed by atoms with E-state index < -0.39 is 18.2 Å². The van der Waals surface area contributed by atoms with Gasteiger partial charge in [-0.05, 0) is 36.1 Å². The van der Waals surface area contributed by atoms with Crippen LogP contribution in [-0.4, -0.2) is 30.6 Å². The standard InChI is InChI=1S/C19H19F3N2O3/c20-19(21,22)18(26)27-15-8-6-14(7-9-15)12-16(23)17(25)24-11-10-13-4-2-1-3-5-13/h1-9,16H,10-12,23H2,(H,24,25)/t16-/m0/s1. The molecule has 0 fully saturated rings. The molecule has 0 heterocycles. The third kappa shape index (κ3) is 6.74. The summed E-state index contributed by atoms with van der Waals surface area (Å²) >= 11 is 0. The van der Waals surface area contributed by atoms with Gasteiger partial charge in [-0.2, -0.15) is 13.2 Å². The van der Waals surface area contributed by atoms with E-state index in [1.165, 1.54) is 24.3 Å². The van der Waals surface area contributed by atoms with Crippen LogP contribution in [0.1, 0.15) is 11.1 Å². The number of ether oxygens (including phenoxy) is 1. The van der Waals surface area contributed by atoms with Gasteiger partial charge in [0.05, 0.1) is 6.04 Å². The number of carbonyl (C=O) groups excluding carboxylic acids is 2. The Morgan fingerprint density at radius 3 is 2.22 bits per heavy atom. The van der Waals surface area contributed by atoms with E-state index in [9.17, 15) is 22.8 Å². The van der Waals surface area contributed by atoms with Crippen LogP contribution >= 0.6 is 0 Å². The van der Waals surface area contributed by atoms with Gasteiger partial charge in [0.2, 0.25) is 5.91 Å². The molecule has 0 saturated heterocycles. The highest BCUT2D eigenvalue weighted by Crippen LogP contribution is 2.20. The number of halogens is 3. The Morgan fingerprint density at radius 1 is 1.00 bits per heavy atom. The lowest BCUT2D eigenvalue weighted by atomic mass is 10.1. The number of hydrogen-bond donors (Lipinski definition) is 2. The van der Waals surface area contributed by atoms with Gasteiger partial charge >= 0.3 is 12.1 Å². The van der Waals surface area contributed by atoms with Crippen LogP contribution in [0.3, 0.4) is 0 Å². The molecular formula is C19H19F3N2O3. The Labute approximate surface area is 154 Å². The number of nitrogens with two attached hydrogens (primary N) is 1. The van der Waals surface area contributed by atoms with Crippen LogP contribution in [0.2, 0.25) is 0 Å². The zero-order valence-corrected chi connectivity index (χ0v) is 14.3. The van der Waals surface area contributed by atoms with Crippen LogP contribution in [0.5, 0.6) is 5.75 Å². The Morgan fingerprint density at radius 2 is 1.63 bits per heavy atom.